The fourth-order valence-corrected chi connectivity index (χ4v) is 0.0996. The van der Waals surface area contributed by atoms with E-state index in [0.717, 1.165) is 0 Å². The van der Waals surface area contributed by atoms with Crippen LogP contribution >= 0.6 is 0 Å². The van der Waals surface area contributed by atoms with Gasteiger partial charge in [-0.2, -0.15) is 5.10 Å². The third kappa shape index (κ3) is 1.88. The van der Waals surface area contributed by atoms with E-state index < -0.39 is 5.91 Å². The number of nitrogens with zero attached hydrogens (tertiary/aromatic N) is 2. The van der Waals surface area contributed by atoms with E-state index in [9.17, 15) is 4.79 Å². The Balaban J connectivity index is 3.55. The van der Waals surface area contributed by atoms with Gasteiger partial charge in [0, 0.05) is 13.6 Å². The normalized spacial score (nSPS) is 7.71. The number of hydrogen-bond donors (Lipinski definition) is 1. The SMILES string of the molecule is C=NN(O)C(C)=O. The predicted octanol–water partition coefficient (Wildman–Crippen LogP) is -0.160. The maximum atomic E-state index is 9.92. The summed E-state index contributed by atoms with van der Waals surface area (Å²) < 4.78 is 0. The second kappa shape index (κ2) is 2.30. The van der Waals surface area contributed by atoms with Gasteiger partial charge in [-0.05, 0) is 0 Å². The minimum absolute atomic E-state index is 0.167. The lowest BCUT2D eigenvalue weighted by atomic mass is 10.8. The van der Waals surface area contributed by atoms with E-state index in [-0.39, 0.29) is 5.17 Å². The van der Waals surface area contributed by atoms with Crippen molar-refractivity contribution in [2.45, 2.75) is 6.92 Å². The number of carbonyl (C=O) groups excluding carboxylic acids is 1. The van der Waals surface area contributed by atoms with Crippen LogP contribution in [0.25, 0.3) is 0 Å². The summed E-state index contributed by atoms with van der Waals surface area (Å²) in [6.07, 6.45) is 0. The van der Waals surface area contributed by atoms with Gasteiger partial charge in [0.1, 0.15) is 0 Å². The molecule has 0 aliphatic rings. The lowest BCUT2D eigenvalue weighted by Crippen LogP contribution is -2.16. The molecule has 1 N–H and O–H groups in total. The zero-order valence-electron chi connectivity index (χ0n) is 3.96. The van der Waals surface area contributed by atoms with Crippen LogP contribution in [0.4, 0.5) is 0 Å². The van der Waals surface area contributed by atoms with Crippen LogP contribution in [0.5, 0.6) is 0 Å². The molecule has 0 aliphatic carbocycles. The van der Waals surface area contributed by atoms with Crippen LogP contribution in [0.15, 0.2) is 5.10 Å². The van der Waals surface area contributed by atoms with Gasteiger partial charge in [0.05, 0.1) is 0 Å². The summed E-state index contributed by atoms with van der Waals surface area (Å²) in [5.41, 5.74) is 0. The molecule has 0 saturated heterocycles. The number of carbonyl (C=O) groups is 1. The Morgan fingerprint density at radius 1 is 2.00 bits per heavy atom. The number of hydrazone groups is 1. The lowest BCUT2D eigenvalue weighted by molar-refractivity contribution is -0.162. The minimum atomic E-state index is -0.546. The highest BCUT2D eigenvalue weighted by atomic mass is 16.5. The number of hydrogen-bond acceptors (Lipinski definition) is 3. The summed E-state index contributed by atoms with van der Waals surface area (Å²) in [7, 11) is 0. The molecular weight excluding hydrogens is 96.0 g/mol. The average Bonchev–Trinajstić information content (AvgIpc) is 1.65. The summed E-state index contributed by atoms with van der Waals surface area (Å²) in [5.74, 6) is -0.546. The highest BCUT2D eigenvalue weighted by Gasteiger charge is 1.95. The fourth-order valence-electron chi connectivity index (χ4n) is 0.0996. The van der Waals surface area contributed by atoms with E-state index in [2.05, 4.69) is 11.8 Å². The Morgan fingerprint density at radius 3 is 2.43 bits per heavy atom. The summed E-state index contributed by atoms with van der Waals surface area (Å²) in [5, 5.41) is 11.2. The van der Waals surface area contributed by atoms with Gasteiger partial charge >= 0.3 is 0 Å². The second-order valence-electron chi connectivity index (χ2n) is 0.950. The molecule has 7 heavy (non-hydrogen) atoms. The quantitative estimate of drug-likeness (QED) is 0.284. The van der Waals surface area contributed by atoms with Gasteiger partial charge in [0.15, 0.2) is 0 Å². The first-order chi connectivity index (χ1) is 3.18. The predicted molar refractivity (Wildman–Crippen MR) is 23.9 cm³/mol. The first kappa shape index (κ1) is 6.10. The van der Waals surface area contributed by atoms with Gasteiger partial charge in [-0.3, -0.25) is 10.0 Å². The average molecular weight is 102 g/mol. The van der Waals surface area contributed by atoms with Gasteiger partial charge in [0.25, 0.3) is 5.91 Å². The fraction of sp³-hybridized carbons (Fsp3) is 0.333. The number of rotatable bonds is 1. The van der Waals surface area contributed by atoms with Gasteiger partial charge < -0.3 is 0 Å². The Bertz CT molecular complexity index is 90.9. The lowest BCUT2D eigenvalue weighted by Gasteiger charge is -1.99. The van der Waals surface area contributed by atoms with Crippen molar-refractivity contribution in [3.05, 3.63) is 0 Å². The van der Waals surface area contributed by atoms with Crippen LogP contribution in [-0.2, 0) is 4.79 Å². The van der Waals surface area contributed by atoms with E-state index in [4.69, 9.17) is 5.21 Å². The molecule has 1 amide bonds. The van der Waals surface area contributed by atoms with Crippen LogP contribution in [0.3, 0.4) is 0 Å². The molecule has 0 radical (unpaired) electrons. The van der Waals surface area contributed by atoms with E-state index in [0.29, 0.717) is 0 Å². The van der Waals surface area contributed by atoms with Gasteiger partial charge in [0.2, 0.25) is 0 Å². The largest absolute Gasteiger partial charge is 0.271 e. The highest BCUT2D eigenvalue weighted by Crippen LogP contribution is 1.77. The van der Waals surface area contributed by atoms with Crippen molar-refractivity contribution in [2.24, 2.45) is 5.10 Å². The van der Waals surface area contributed by atoms with Gasteiger partial charge in [-0.1, -0.05) is 0 Å². The first-order valence-corrected chi connectivity index (χ1v) is 1.64. The molecule has 0 aromatic heterocycles. The zero-order chi connectivity index (χ0) is 5.86. The molecule has 0 saturated carbocycles. The molecule has 0 fully saturated rings. The maximum absolute atomic E-state index is 9.92. The standard InChI is InChI=1S/C3H6N2O2/c1-3(6)5(7)4-2/h7H,2H2,1H3. The molecule has 0 heterocycles. The van der Waals surface area contributed by atoms with E-state index in [1.807, 2.05) is 0 Å². The number of amides is 1. The van der Waals surface area contributed by atoms with Crippen molar-refractivity contribution >= 4 is 12.6 Å². The Labute approximate surface area is 41.0 Å². The molecular formula is C3H6N2O2. The molecule has 40 valence electrons. The summed E-state index contributed by atoms with van der Waals surface area (Å²) in [6, 6.07) is 0. The summed E-state index contributed by atoms with van der Waals surface area (Å²) in [4.78, 5) is 9.92. The molecule has 4 nitrogen and oxygen atoms in total. The Kier molecular flexibility index (Phi) is 2.01. The van der Waals surface area contributed by atoms with E-state index in [1.165, 1.54) is 6.92 Å². The van der Waals surface area contributed by atoms with Crippen LogP contribution in [-0.4, -0.2) is 23.0 Å². The van der Waals surface area contributed by atoms with Gasteiger partial charge in [-0.15, -0.1) is 5.17 Å². The van der Waals surface area contributed by atoms with Crippen LogP contribution in [0, 0.1) is 0 Å². The third-order valence-corrected chi connectivity index (χ3v) is 0.416. The van der Waals surface area contributed by atoms with Crippen molar-refractivity contribution in [3.63, 3.8) is 0 Å². The van der Waals surface area contributed by atoms with Crippen molar-refractivity contribution in [2.75, 3.05) is 0 Å². The van der Waals surface area contributed by atoms with Crippen molar-refractivity contribution in [3.8, 4) is 0 Å². The third-order valence-electron chi connectivity index (χ3n) is 0.416. The van der Waals surface area contributed by atoms with Crippen LogP contribution in [0.2, 0.25) is 0 Å². The van der Waals surface area contributed by atoms with E-state index >= 15 is 0 Å². The second-order valence-corrected chi connectivity index (χ2v) is 0.950. The molecule has 0 unspecified atom stereocenters. The molecule has 0 aliphatic heterocycles. The maximum Gasteiger partial charge on any atom is 0.265 e. The van der Waals surface area contributed by atoms with Gasteiger partial charge in [-0.25, -0.2) is 0 Å². The minimum Gasteiger partial charge on any atom is -0.271 e. The molecule has 0 bridgehead atoms. The summed E-state index contributed by atoms with van der Waals surface area (Å²) in [6.45, 7) is 4.06. The molecule has 0 aromatic carbocycles. The molecule has 0 atom stereocenters. The number of hydroxylamine groups is 1. The zero-order valence-corrected chi connectivity index (χ0v) is 3.96. The monoisotopic (exact) mass is 102 g/mol. The Hall–Kier alpha value is -0.900. The topological polar surface area (TPSA) is 52.9 Å². The molecule has 4 heteroatoms. The van der Waals surface area contributed by atoms with Crippen LogP contribution < -0.4 is 0 Å². The first-order valence-electron chi connectivity index (χ1n) is 1.64. The molecule has 0 aromatic rings. The van der Waals surface area contributed by atoms with E-state index in [1.54, 1.807) is 0 Å². The molecule has 0 spiro atoms. The molecule has 0 rings (SSSR count). The van der Waals surface area contributed by atoms with Crippen molar-refractivity contribution in [1.82, 2.24) is 5.17 Å². The smallest absolute Gasteiger partial charge is 0.265 e. The highest BCUT2D eigenvalue weighted by molar-refractivity contribution is 5.71. The van der Waals surface area contributed by atoms with Crippen LogP contribution in [0.1, 0.15) is 6.92 Å². The Morgan fingerprint density at radius 2 is 2.43 bits per heavy atom. The van der Waals surface area contributed by atoms with Crippen molar-refractivity contribution in [1.29, 1.82) is 0 Å². The van der Waals surface area contributed by atoms with Crippen molar-refractivity contribution < 1.29 is 10.0 Å². The summed E-state index contributed by atoms with van der Waals surface area (Å²) >= 11 is 0.